The number of nitrogens with one attached hydrogen (secondary N) is 1. The predicted molar refractivity (Wildman–Crippen MR) is 75.9 cm³/mol. The van der Waals surface area contributed by atoms with Crippen molar-refractivity contribution in [3.8, 4) is 0 Å². The number of nitrogens with two attached hydrogens (primary N) is 1. The summed E-state index contributed by atoms with van der Waals surface area (Å²) >= 11 is 0. The zero-order valence-electron chi connectivity index (χ0n) is 11.4. The van der Waals surface area contributed by atoms with Crippen LogP contribution < -0.4 is 11.1 Å². The molecule has 5 nitrogen and oxygen atoms in total. The smallest absolute Gasteiger partial charge is 0.238 e. The molecule has 1 aliphatic rings. The van der Waals surface area contributed by atoms with E-state index in [9.17, 15) is 9.90 Å². The van der Waals surface area contributed by atoms with Gasteiger partial charge in [0.25, 0.3) is 0 Å². The minimum atomic E-state index is -0.672. The Morgan fingerprint density at radius 3 is 2.89 bits per heavy atom. The van der Waals surface area contributed by atoms with E-state index < -0.39 is 5.60 Å². The van der Waals surface area contributed by atoms with Crippen molar-refractivity contribution in [2.75, 3.05) is 30.7 Å². The summed E-state index contributed by atoms with van der Waals surface area (Å²) < 4.78 is 0. The fourth-order valence-corrected chi connectivity index (χ4v) is 2.30. The number of amides is 1. The van der Waals surface area contributed by atoms with Crippen molar-refractivity contribution in [1.29, 1.82) is 0 Å². The number of carbonyl (C=O) groups excluding carboxylic acids is 1. The van der Waals surface area contributed by atoms with Gasteiger partial charge in [-0.1, -0.05) is 6.07 Å². The maximum absolute atomic E-state index is 11.9. The molecule has 2 rings (SSSR count). The van der Waals surface area contributed by atoms with Crippen LogP contribution in [0.5, 0.6) is 0 Å². The number of carbonyl (C=O) groups is 1. The Morgan fingerprint density at radius 2 is 2.32 bits per heavy atom. The molecule has 1 aromatic carbocycles. The number of benzene rings is 1. The molecule has 19 heavy (non-hydrogen) atoms. The van der Waals surface area contributed by atoms with Crippen LogP contribution in [0.15, 0.2) is 18.2 Å². The van der Waals surface area contributed by atoms with Gasteiger partial charge in [0.15, 0.2) is 0 Å². The average molecular weight is 263 g/mol. The fourth-order valence-electron chi connectivity index (χ4n) is 2.30. The van der Waals surface area contributed by atoms with E-state index in [2.05, 4.69) is 5.32 Å². The molecule has 104 valence electrons. The Kier molecular flexibility index (Phi) is 3.78. The van der Waals surface area contributed by atoms with Gasteiger partial charge in [0, 0.05) is 24.5 Å². The third-order valence-electron chi connectivity index (χ3n) is 3.46. The molecule has 1 unspecified atom stereocenters. The lowest BCUT2D eigenvalue weighted by Crippen LogP contribution is -2.35. The van der Waals surface area contributed by atoms with Crippen molar-refractivity contribution >= 4 is 17.3 Å². The average Bonchev–Trinajstić information content (AvgIpc) is 2.63. The molecule has 4 N–H and O–H groups in total. The molecule has 1 amide bonds. The number of hydrogen-bond acceptors (Lipinski definition) is 4. The molecular weight excluding hydrogens is 242 g/mol. The summed E-state index contributed by atoms with van der Waals surface area (Å²) in [4.78, 5) is 13.9. The minimum Gasteiger partial charge on any atom is -0.398 e. The number of aryl methyl sites for hydroxylation is 1. The summed E-state index contributed by atoms with van der Waals surface area (Å²) in [5.41, 5.74) is 7.50. The molecule has 0 bridgehead atoms. The Hall–Kier alpha value is -1.59. The van der Waals surface area contributed by atoms with E-state index in [4.69, 9.17) is 5.73 Å². The highest BCUT2D eigenvalue weighted by molar-refractivity contribution is 5.92. The van der Waals surface area contributed by atoms with E-state index in [0.29, 0.717) is 30.9 Å². The first-order chi connectivity index (χ1) is 8.85. The number of hydrogen-bond donors (Lipinski definition) is 3. The molecule has 0 spiro atoms. The van der Waals surface area contributed by atoms with Gasteiger partial charge in [0.2, 0.25) is 5.91 Å². The maximum Gasteiger partial charge on any atom is 0.238 e. The summed E-state index contributed by atoms with van der Waals surface area (Å²) in [6.45, 7) is 5.30. The van der Waals surface area contributed by atoms with Gasteiger partial charge in [-0.25, -0.2) is 0 Å². The third kappa shape index (κ3) is 3.68. The number of anilines is 2. The lowest BCUT2D eigenvalue weighted by molar-refractivity contribution is -0.117. The number of likely N-dealkylation sites (tertiary alicyclic amines) is 1. The molecule has 1 atom stereocenters. The summed E-state index contributed by atoms with van der Waals surface area (Å²) in [5.74, 6) is -0.0825. The quantitative estimate of drug-likeness (QED) is 0.710. The van der Waals surface area contributed by atoms with Crippen molar-refractivity contribution in [1.82, 2.24) is 4.90 Å². The molecule has 0 saturated carbocycles. The highest BCUT2D eigenvalue weighted by Crippen LogP contribution is 2.20. The second-order valence-corrected chi connectivity index (χ2v) is 5.58. The third-order valence-corrected chi connectivity index (χ3v) is 3.46. The van der Waals surface area contributed by atoms with E-state index >= 15 is 0 Å². The van der Waals surface area contributed by atoms with Crippen molar-refractivity contribution in [2.24, 2.45) is 0 Å². The second kappa shape index (κ2) is 5.19. The first kappa shape index (κ1) is 13.8. The number of nitrogens with zero attached hydrogens (tertiary/aromatic N) is 1. The second-order valence-electron chi connectivity index (χ2n) is 5.58. The van der Waals surface area contributed by atoms with E-state index in [1.54, 1.807) is 13.0 Å². The van der Waals surface area contributed by atoms with Crippen LogP contribution in [0.2, 0.25) is 0 Å². The van der Waals surface area contributed by atoms with Crippen LogP contribution >= 0.6 is 0 Å². The van der Waals surface area contributed by atoms with Gasteiger partial charge in [-0.05, 0) is 38.0 Å². The normalized spacial score (nSPS) is 23.5. The monoisotopic (exact) mass is 263 g/mol. The molecule has 0 aromatic heterocycles. The first-order valence-electron chi connectivity index (χ1n) is 6.46. The summed E-state index contributed by atoms with van der Waals surface area (Å²) in [7, 11) is 0. The van der Waals surface area contributed by atoms with E-state index in [1.165, 1.54) is 0 Å². The Balaban J connectivity index is 1.89. The SMILES string of the molecule is Cc1ccc(NC(=O)CN2CCC(C)(O)C2)cc1N. The van der Waals surface area contributed by atoms with Crippen LogP contribution in [0, 0.1) is 6.92 Å². The van der Waals surface area contributed by atoms with Crippen LogP contribution in [0.4, 0.5) is 11.4 Å². The van der Waals surface area contributed by atoms with Gasteiger partial charge in [-0.15, -0.1) is 0 Å². The summed E-state index contributed by atoms with van der Waals surface area (Å²) in [6.07, 6.45) is 0.706. The zero-order chi connectivity index (χ0) is 14.0. The lowest BCUT2D eigenvalue weighted by Gasteiger charge is -2.18. The molecular formula is C14H21N3O2. The van der Waals surface area contributed by atoms with E-state index in [-0.39, 0.29) is 5.91 Å². The summed E-state index contributed by atoms with van der Waals surface area (Å²) in [6, 6.07) is 5.47. The fraction of sp³-hybridized carbons (Fsp3) is 0.500. The Bertz CT molecular complexity index is 486. The highest BCUT2D eigenvalue weighted by atomic mass is 16.3. The van der Waals surface area contributed by atoms with E-state index in [0.717, 1.165) is 12.1 Å². The molecule has 1 aliphatic heterocycles. The van der Waals surface area contributed by atoms with Gasteiger partial charge in [0.05, 0.1) is 12.1 Å². The van der Waals surface area contributed by atoms with Gasteiger partial charge >= 0.3 is 0 Å². The van der Waals surface area contributed by atoms with Crippen LogP contribution in [0.3, 0.4) is 0 Å². The van der Waals surface area contributed by atoms with Gasteiger partial charge < -0.3 is 16.2 Å². The minimum absolute atomic E-state index is 0.0825. The Morgan fingerprint density at radius 1 is 1.58 bits per heavy atom. The highest BCUT2D eigenvalue weighted by Gasteiger charge is 2.31. The molecule has 1 fully saturated rings. The molecule has 1 aromatic rings. The standard InChI is InChI=1S/C14H21N3O2/c1-10-3-4-11(7-12(10)15)16-13(18)8-17-6-5-14(2,19)9-17/h3-4,7,19H,5-6,8-9,15H2,1-2H3,(H,16,18). The molecule has 0 radical (unpaired) electrons. The van der Waals surface area contributed by atoms with Crippen LogP contribution in [-0.2, 0) is 4.79 Å². The van der Waals surface area contributed by atoms with Gasteiger partial charge in [-0.3, -0.25) is 9.69 Å². The molecule has 0 aliphatic carbocycles. The van der Waals surface area contributed by atoms with Crippen molar-refractivity contribution in [2.45, 2.75) is 25.9 Å². The van der Waals surface area contributed by atoms with Crippen LogP contribution in [-0.4, -0.2) is 41.1 Å². The summed E-state index contributed by atoms with van der Waals surface area (Å²) in [5, 5.41) is 12.7. The van der Waals surface area contributed by atoms with Crippen molar-refractivity contribution in [3.05, 3.63) is 23.8 Å². The van der Waals surface area contributed by atoms with Crippen molar-refractivity contribution in [3.63, 3.8) is 0 Å². The van der Waals surface area contributed by atoms with Crippen molar-refractivity contribution < 1.29 is 9.90 Å². The van der Waals surface area contributed by atoms with Crippen LogP contribution in [0.1, 0.15) is 18.9 Å². The Labute approximate surface area is 113 Å². The number of aliphatic hydroxyl groups is 1. The number of β-amino-alcohol motifs (C(OH)–C–C–N with tert-alkyl or cyclic N) is 1. The predicted octanol–water partition coefficient (Wildman–Crippen LogP) is 0.972. The molecule has 1 saturated heterocycles. The first-order valence-corrected chi connectivity index (χ1v) is 6.46. The van der Waals surface area contributed by atoms with E-state index in [1.807, 2.05) is 24.0 Å². The zero-order valence-corrected chi connectivity index (χ0v) is 11.4. The van der Waals surface area contributed by atoms with Gasteiger partial charge in [0.1, 0.15) is 0 Å². The largest absolute Gasteiger partial charge is 0.398 e. The maximum atomic E-state index is 11.9. The number of rotatable bonds is 3. The van der Waals surface area contributed by atoms with Gasteiger partial charge in [-0.2, -0.15) is 0 Å². The van der Waals surface area contributed by atoms with Crippen LogP contribution in [0.25, 0.3) is 0 Å². The topological polar surface area (TPSA) is 78.6 Å². The molecule has 5 heteroatoms. The lowest BCUT2D eigenvalue weighted by atomic mass is 10.1. The number of nitrogen functional groups attached to an aromatic ring is 1. The molecule has 1 heterocycles.